The Bertz CT molecular complexity index is 934. The normalized spacial score (nSPS) is 9.88. The van der Waals surface area contributed by atoms with Crippen molar-refractivity contribution in [2.75, 3.05) is 0 Å². The molecule has 34 heavy (non-hydrogen) atoms. The maximum atomic E-state index is 9.97. The Hall–Kier alpha value is -4.18. The van der Waals surface area contributed by atoms with Crippen LogP contribution < -0.4 is 15.3 Å². The fourth-order valence-corrected chi connectivity index (χ4v) is 2.19. The zero-order chi connectivity index (χ0) is 24.3. The first kappa shape index (κ1) is 29.8. The minimum Gasteiger partial charge on any atom is -0.545 e. The molecule has 0 aliphatic carbocycles. The number of hydrogen-bond acceptors (Lipinski definition) is 6. The maximum Gasteiger partial charge on any atom is 0.0643 e. The fourth-order valence-electron chi connectivity index (χ4n) is 2.19. The molecule has 7 heteroatoms. The van der Waals surface area contributed by atoms with Crippen LogP contribution in [-0.4, -0.2) is 35.3 Å². The van der Waals surface area contributed by atoms with E-state index in [0.29, 0.717) is 0 Å². The lowest BCUT2D eigenvalue weighted by Gasteiger charge is -1.91. The van der Waals surface area contributed by atoms with Gasteiger partial charge in [-0.05, 0) is 34.9 Å². The average Bonchev–Trinajstić information content (AvgIpc) is 2.83. The Morgan fingerprint density at radius 1 is 0.441 bits per heavy atom. The van der Waals surface area contributed by atoms with Gasteiger partial charge in [-0.3, -0.25) is 0 Å². The molecule has 0 fully saturated rings. The molecule has 6 nitrogen and oxygen atoms in total. The van der Waals surface area contributed by atoms with Crippen LogP contribution in [0.5, 0.6) is 0 Å². The number of hydrogen-bond donors (Lipinski definition) is 0. The van der Waals surface area contributed by atoms with E-state index in [1.165, 1.54) is 18.2 Å². The van der Waals surface area contributed by atoms with Crippen molar-refractivity contribution in [2.45, 2.75) is 0 Å². The zero-order valence-electron chi connectivity index (χ0n) is 18.2. The minimum absolute atomic E-state index is 0. The van der Waals surface area contributed by atoms with Gasteiger partial charge in [-0.1, -0.05) is 109 Å². The van der Waals surface area contributed by atoms with E-state index < -0.39 is 17.9 Å². The van der Waals surface area contributed by atoms with Crippen LogP contribution in [0.25, 0.3) is 18.2 Å². The van der Waals surface area contributed by atoms with E-state index in [1.807, 2.05) is 91.0 Å². The van der Waals surface area contributed by atoms with Gasteiger partial charge in [-0.15, -0.1) is 0 Å². The Balaban J connectivity index is 0.000000473. The Kier molecular flexibility index (Phi) is 16.1. The molecular weight excluding hydrogens is 447 g/mol. The number of carbonyl (C=O) groups excluding carboxylic acids is 3. The fraction of sp³-hybridized carbons (Fsp3) is 0. The number of aliphatic carboxylic acids is 3. The third-order valence-corrected chi connectivity index (χ3v) is 3.63. The van der Waals surface area contributed by atoms with Crippen LogP contribution in [0, 0.1) is 0 Å². The average molecular weight is 468 g/mol. The van der Waals surface area contributed by atoms with E-state index in [2.05, 4.69) is 0 Å². The predicted molar refractivity (Wildman–Crippen MR) is 127 cm³/mol. The molecule has 0 heterocycles. The third kappa shape index (κ3) is 16.5. The van der Waals surface area contributed by atoms with Crippen molar-refractivity contribution >= 4 is 53.5 Å². The summed E-state index contributed by atoms with van der Waals surface area (Å²) in [7, 11) is 0. The van der Waals surface area contributed by atoms with Gasteiger partial charge in [-0.2, -0.15) is 0 Å². The molecule has 0 saturated carbocycles. The molecule has 0 aromatic heterocycles. The number of benzene rings is 3. The van der Waals surface area contributed by atoms with Crippen molar-refractivity contribution in [1.29, 1.82) is 0 Å². The first-order valence-corrected chi connectivity index (χ1v) is 9.69. The first-order chi connectivity index (χ1) is 15.9. The lowest BCUT2D eigenvalue weighted by Crippen LogP contribution is -2.18. The van der Waals surface area contributed by atoms with Crippen LogP contribution in [0.3, 0.4) is 0 Å². The van der Waals surface area contributed by atoms with Gasteiger partial charge in [0.25, 0.3) is 0 Å². The first-order valence-electron chi connectivity index (χ1n) is 9.69. The van der Waals surface area contributed by atoms with Gasteiger partial charge in [0.2, 0.25) is 0 Å². The summed E-state index contributed by atoms with van der Waals surface area (Å²) in [6, 6.07) is 27.6. The van der Waals surface area contributed by atoms with Crippen molar-refractivity contribution in [2.24, 2.45) is 0 Å². The Labute approximate surface area is 209 Å². The van der Waals surface area contributed by atoms with E-state index in [-0.39, 0.29) is 17.4 Å². The van der Waals surface area contributed by atoms with Crippen LogP contribution in [0.4, 0.5) is 0 Å². The van der Waals surface area contributed by atoms with Crippen LogP contribution >= 0.6 is 0 Å². The number of carboxylic acids is 3. The largest absolute Gasteiger partial charge is 0.545 e. The van der Waals surface area contributed by atoms with Crippen molar-refractivity contribution in [3.8, 4) is 0 Å². The lowest BCUT2D eigenvalue weighted by molar-refractivity contribution is -0.298. The third-order valence-electron chi connectivity index (χ3n) is 3.63. The lowest BCUT2D eigenvalue weighted by atomic mass is 10.2. The van der Waals surface area contributed by atoms with Gasteiger partial charge in [0, 0.05) is 17.4 Å². The van der Waals surface area contributed by atoms with Crippen LogP contribution in [0.15, 0.2) is 109 Å². The van der Waals surface area contributed by atoms with Gasteiger partial charge in [-0.25, -0.2) is 0 Å². The number of rotatable bonds is 6. The highest BCUT2D eigenvalue weighted by atomic mass is 27.0. The highest BCUT2D eigenvalue weighted by molar-refractivity contribution is 5.84. The van der Waals surface area contributed by atoms with E-state index >= 15 is 0 Å². The summed E-state index contributed by atoms with van der Waals surface area (Å²) in [5.41, 5.74) is 2.57. The van der Waals surface area contributed by atoms with E-state index in [4.69, 9.17) is 0 Å². The van der Waals surface area contributed by atoms with Crippen molar-refractivity contribution in [1.82, 2.24) is 0 Å². The quantitative estimate of drug-likeness (QED) is 0.393. The molecular formula is C27H21AlO6-3. The second-order valence-electron chi connectivity index (χ2n) is 6.19. The molecule has 0 saturated heterocycles. The van der Waals surface area contributed by atoms with Gasteiger partial charge < -0.3 is 29.7 Å². The molecule has 0 aliphatic heterocycles. The SMILES string of the molecule is O=C([O-])C=Cc1ccccc1.O=C([O-])C=Cc1ccccc1.O=C([O-])C=Cc1ccccc1.[Al]. The molecule has 0 atom stereocenters. The monoisotopic (exact) mass is 468 g/mol. The molecule has 0 bridgehead atoms. The Morgan fingerprint density at radius 3 is 0.824 bits per heavy atom. The molecule has 0 amide bonds. The second-order valence-corrected chi connectivity index (χ2v) is 6.19. The second kappa shape index (κ2) is 18.4. The summed E-state index contributed by atoms with van der Waals surface area (Å²) in [6.07, 6.45) is 7.51. The van der Waals surface area contributed by atoms with Crippen LogP contribution in [0.2, 0.25) is 0 Å². The molecule has 0 spiro atoms. The highest BCUT2D eigenvalue weighted by Gasteiger charge is 1.82. The van der Waals surface area contributed by atoms with Crippen molar-refractivity contribution < 1.29 is 29.7 Å². The van der Waals surface area contributed by atoms with E-state index in [0.717, 1.165) is 34.9 Å². The topological polar surface area (TPSA) is 120 Å². The van der Waals surface area contributed by atoms with Gasteiger partial charge in [0.1, 0.15) is 0 Å². The maximum absolute atomic E-state index is 9.97. The van der Waals surface area contributed by atoms with E-state index in [9.17, 15) is 29.7 Å². The number of carboxylic acid groups (broad SMARTS) is 3. The Morgan fingerprint density at radius 2 is 0.647 bits per heavy atom. The molecule has 3 aromatic rings. The molecule has 3 aromatic carbocycles. The molecule has 0 N–H and O–H groups in total. The van der Waals surface area contributed by atoms with Crippen molar-refractivity contribution in [3.63, 3.8) is 0 Å². The summed E-state index contributed by atoms with van der Waals surface area (Å²) < 4.78 is 0. The van der Waals surface area contributed by atoms with Gasteiger partial charge in [0.15, 0.2) is 0 Å². The summed E-state index contributed by atoms with van der Waals surface area (Å²) >= 11 is 0. The highest BCUT2D eigenvalue weighted by Crippen LogP contribution is 2.01. The summed E-state index contributed by atoms with van der Waals surface area (Å²) in [4.78, 5) is 29.9. The zero-order valence-corrected chi connectivity index (χ0v) is 19.3. The molecule has 3 rings (SSSR count). The summed E-state index contributed by atoms with van der Waals surface area (Å²) in [5.74, 6) is -3.52. The molecule has 0 unspecified atom stereocenters. The van der Waals surface area contributed by atoms with Gasteiger partial charge >= 0.3 is 0 Å². The van der Waals surface area contributed by atoms with Gasteiger partial charge in [0.05, 0.1) is 17.9 Å². The molecule has 0 aliphatic rings. The van der Waals surface area contributed by atoms with Crippen LogP contribution in [0.1, 0.15) is 16.7 Å². The van der Waals surface area contributed by atoms with Crippen molar-refractivity contribution in [3.05, 3.63) is 126 Å². The smallest absolute Gasteiger partial charge is 0.0643 e. The summed E-state index contributed by atoms with van der Waals surface area (Å²) in [6.45, 7) is 0. The molecule has 171 valence electrons. The van der Waals surface area contributed by atoms with E-state index in [1.54, 1.807) is 0 Å². The van der Waals surface area contributed by atoms with Crippen LogP contribution in [-0.2, 0) is 14.4 Å². The molecule has 3 radical (unpaired) electrons. The predicted octanol–water partition coefficient (Wildman–Crippen LogP) is 0.968. The standard InChI is InChI=1S/3C9H8O2.Al/c3*10-9(11)7-6-8-4-2-1-3-5-8;/h3*1-7H,(H,10,11);/p-3. The summed E-state index contributed by atoms with van der Waals surface area (Å²) in [5, 5.41) is 29.9. The minimum atomic E-state index is -1.17. The number of carbonyl (C=O) groups is 3.